The van der Waals surface area contributed by atoms with Gasteiger partial charge in [-0.25, -0.2) is 4.79 Å². The van der Waals surface area contributed by atoms with Gasteiger partial charge in [0.05, 0.1) is 16.5 Å². The molecule has 0 saturated heterocycles. The lowest BCUT2D eigenvalue weighted by Gasteiger charge is -2.08. The van der Waals surface area contributed by atoms with Gasteiger partial charge in [0.15, 0.2) is 21.3 Å². The Hall–Kier alpha value is -3.12. The summed E-state index contributed by atoms with van der Waals surface area (Å²) in [5.74, 6) is -0.553. The van der Waals surface area contributed by atoms with E-state index in [-0.39, 0.29) is 17.5 Å². The predicted molar refractivity (Wildman–Crippen MR) is 104 cm³/mol. The van der Waals surface area contributed by atoms with E-state index in [0.717, 1.165) is 4.90 Å². The molecule has 0 N–H and O–H groups in total. The molecule has 0 aliphatic rings. The van der Waals surface area contributed by atoms with Crippen molar-refractivity contribution in [2.24, 2.45) is 0 Å². The van der Waals surface area contributed by atoms with Crippen LogP contribution >= 0.6 is 0 Å². The van der Waals surface area contributed by atoms with Crippen LogP contribution in [0.25, 0.3) is 0 Å². The molecule has 0 aliphatic carbocycles. The highest BCUT2D eigenvalue weighted by molar-refractivity contribution is 7.97. The Bertz CT molecular complexity index is 859. The number of nitrogens with zero attached hydrogens (tertiary/aromatic N) is 1. The molecule has 0 aromatic heterocycles. The molecule has 0 aliphatic heterocycles. The van der Waals surface area contributed by atoms with E-state index >= 15 is 0 Å². The van der Waals surface area contributed by atoms with Crippen LogP contribution < -0.4 is 0 Å². The molecule has 0 unspecified atom stereocenters. The molecule has 0 amide bonds. The Labute approximate surface area is 160 Å². The van der Waals surface area contributed by atoms with E-state index in [1.165, 1.54) is 9.79 Å². The second-order valence-corrected chi connectivity index (χ2v) is 7.68. The van der Waals surface area contributed by atoms with Crippen LogP contribution in [0, 0.1) is 10.1 Å². The standard InChI is InChI=1S/C21H18NO4S/c23-21(26-16-15-22(24)25)17-11-13-20(14-12-17)27(18-7-3-1-4-8-18)19-9-5-2-6-10-19/h1-14H,15-16H2/q+1. The molecule has 0 bridgehead atoms. The fraction of sp³-hybridized carbons (Fsp3) is 0.0952. The van der Waals surface area contributed by atoms with Crippen molar-refractivity contribution in [1.29, 1.82) is 0 Å². The van der Waals surface area contributed by atoms with E-state index in [2.05, 4.69) is 24.3 Å². The van der Waals surface area contributed by atoms with Crippen LogP contribution in [0.3, 0.4) is 0 Å². The Morgan fingerprint density at radius 2 is 1.30 bits per heavy atom. The van der Waals surface area contributed by atoms with Crippen LogP contribution in [0.15, 0.2) is 99.6 Å². The van der Waals surface area contributed by atoms with Gasteiger partial charge in [0.2, 0.25) is 6.54 Å². The van der Waals surface area contributed by atoms with Crippen molar-refractivity contribution in [3.8, 4) is 0 Å². The lowest BCUT2D eigenvalue weighted by Crippen LogP contribution is -2.14. The predicted octanol–water partition coefficient (Wildman–Crippen LogP) is 4.22. The van der Waals surface area contributed by atoms with Crippen LogP contribution in [0.2, 0.25) is 0 Å². The summed E-state index contributed by atoms with van der Waals surface area (Å²) in [5, 5.41) is 10.3. The minimum absolute atomic E-state index is 0.230. The summed E-state index contributed by atoms with van der Waals surface area (Å²) in [4.78, 5) is 25.3. The average Bonchev–Trinajstić information content (AvgIpc) is 2.70. The minimum atomic E-state index is -0.553. The molecule has 3 aromatic rings. The molecule has 27 heavy (non-hydrogen) atoms. The van der Waals surface area contributed by atoms with Crippen LogP contribution in [0.5, 0.6) is 0 Å². The number of carbonyl (C=O) groups excluding carboxylic acids is 1. The lowest BCUT2D eigenvalue weighted by molar-refractivity contribution is -0.482. The van der Waals surface area contributed by atoms with Gasteiger partial charge in [0, 0.05) is 4.92 Å². The van der Waals surface area contributed by atoms with Crippen LogP contribution in [0.1, 0.15) is 10.4 Å². The van der Waals surface area contributed by atoms with Gasteiger partial charge in [-0.15, -0.1) is 0 Å². The van der Waals surface area contributed by atoms with Crippen molar-refractivity contribution in [3.05, 3.63) is 101 Å². The van der Waals surface area contributed by atoms with Crippen LogP contribution in [-0.4, -0.2) is 24.0 Å². The molecule has 0 saturated carbocycles. The summed E-state index contributed by atoms with van der Waals surface area (Å²) >= 11 is 0. The van der Waals surface area contributed by atoms with Gasteiger partial charge in [-0.2, -0.15) is 0 Å². The van der Waals surface area contributed by atoms with Crippen molar-refractivity contribution in [2.45, 2.75) is 14.7 Å². The highest BCUT2D eigenvalue weighted by atomic mass is 32.2. The third-order valence-electron chi connectivity index (χ3n) is 3.79. The molecule has 0 atom stereocenters. The van der Waals surface area contributed by atoms with Crippen molar-refractivity contribution in [2.75, 3.05) is 13.2 Å². The number of hydrogen-bond acceptors (Lipinski definition) is 4. The molecule has 0 spiro atoms. The van der Waals surface area contributed by atoms with Gasteiger partial charge in [-0.1, -0.05) is 36.4 Å². The number of benzene rings is 3. The first kappa shape index (κ1) is 18.7. The van der Waals surface area contributed by atoms with Crippen molar-refractivity contribution < 1.29 is 14.5 Å². The number of hydrogen-bond donors (Lipinski definition) is 0. The largest absolute Gasteiger partial charge is 0.455 e. The SMILES string of the molecule is O=C(OCC[N+](=O)[O-])c1ccc([S+](c2ccccc2)c2ccccc2)cc1. The number of carbonyl (C=O) groups is 1. The molecular weight excluding hydrogens is 362 g/mol. The highest BCUT2D eigenvalue weighted by Gasteiger charge is 2.28. The van der Waals surface area contributed by atoms with Crippen LogP contribution in [0.4, 0.5) is 0 Å². The van der Waals surface area contributed by atoms with Gasteiger partial charge in [0.25, 0.3) is 0 Å². The average molecular weight is 380 g/mol. The molecular formula is C21H18NO4S+. The maximum Gasteiger partial charge on any atom is 0.338 e. The molecule has 6 heteroatoms. The van der Waals surface area contributed by atoms with Gasteiger partial charge in [-0.05, 0) is 48.5 Å². The Balaban J connectivity index is 1.84. The summed E-state index contributed by atoms with van der Waals surface area (Å²) in [6, 6.07) is 27.6. The topological polar surface area (TPSA) is 69.4 Å². The van der Waals surface area contributed by atoms with E-state index in [1.807, 2.05) is 48.5 Å². The van der Waals surface area contributed by atoms with Crippen molar-refractivity contribution in [1.82, 2.24) is 0 Å². The van der Waals surface area contributed by atoms with E-state index in [4.69, 9.17) is 4.74 Å². The first-order valence-electron chi connectivity index (χ1n) is 8.38. The number of rotatable bonds is 7. The normalized spacial score (nSPS) is 10.6. The second kappa shape index (κ2) is 9.00. The minimum Gasteiger partial charge on any atom is -0.455 e. The van der Waals surface area contributed by atoms with E-state index in [9.17, 15) is 14.9 Å². The van der Waals surface area contributed by atoms with Crippen molar-refractivity contribution >= 4 is 16.9 Å². The highest BCUT2D eigenvalue weighted by Crippen LogP contribution is 2.31. The van der Waals surface area contributed by atoms with Gasteiger partial charge in [0.1, 0.15) is 0 Å². The molecule has 0 radical (unpaired) electrons. The molecule has 5 nitrogen and oxygen atoms in total. The zero-order valence-electron chi connectivity index (χ0n) is 14.5. The summed E-state index contributed by atoms with van der Waals surface area (Å²) in [7, 11) is -0.289. The Morgan fingerprint density at radius 1 is 0.815 bits per heavy atom. The summed E-state index contributed by atoms with van der Waals surface area (Å²) in [6.45, 7) is -0.624. The summed E-state index contributed by atoms with van der Waals surface area (Å²) in [5.41, 5.74) is 0.381. The van der Waals surface area contributed by atoms with E-state index in [0.29, 0.717) is 5.56 Å². The van der Waals surface area contributed by atoms with Gasteiger partial charge >= 0.3 is 5.97 Å². The van der Waals surface area contributed by atoms with Gasteiger partial charge in [-0.3, -0.25) is 10.1 Å². The maximum atomic E-state index is 12.0. The molecule has 3 rings (SSSR count). The molecule has 0 fully saturated rings. The fourth-order valence-electron chi connectivity index (χ4n) is 2.54. The summed E-state index contributed by atoms with van der Waals surface area (Å²) < 4.78 is 4.93. The number of esters is 1. The number of ether oxygens (including phenoxy) is 1. The first-order valence-corrected chi connectivity index (χ1v) is 9.61. The van der Waals surface area contributed by atoms with Crippen molar-refractivity contribution in [3.63, 3.8) is 0 Å². The van der Waals surface area contributed by atoms with E-state index in [1.54, 1.807) is 12.1 Å². The Kier molecular flexibility index (Phi) is 6.22. The first-order chi connectivity index (χ1) is 13.1. The second-order valence-electron chi connectivity index (χ2n) is 5.65. The number of nitro groups is 1. The monoisotopic (exact) mass is 380 g/mol. The lowest BCUT2D eigenvalue weighted by atomic mass is 10.2. The Morgan fingerprint density at radius 3 is 1.78 bits per heavy atom. The fourth-order valence-corrected chi connectivity index (χ4v) is 4.63. The smallest absolute Gasteiger partial charge is 0.338 e. The molecule has 3 aromatic carbocycles. The quantitative estimate of drug-likeness (QED) is 0.266. The maximum absolute atomic E-state index is 12.0. The third-order valence-corrected chi connectivity index (χ3v) is 6.02. The van der Waals surface area contributed by atoms with Gasteiger partial charge < -0.3 is 4.74 Å². The zero-order chi connectivity index (χ0) is 19.1. The molecule has 136 valence electrons. The van der Waals surface area contributed by atoms with E-state index < -0.39 is 17.4 Å². The third kappa shape index (κ3) is 4.95. The van der Waals surface area contributed by atoms with Crippen LogP contribution in [-0.2, 0) is 15.6 Å². The summed E-state index contributed by atoms with van der Waals surface area (Å²) in [6.07, 6.45) is 0. The molecule has 0 heterocycles. The zero-order valence-corrected chi connectivity index (χ0v) is 15.3.